The average Bonchev–Trinajstić information content (AvgIpc) is 3.29. The molecule has 19 heteroatoms. The summed E-state index contributed by atoms with van der Waals surface area (Å²) in [6.45, 7) is 0. The maximum atomic E-state index is 14.0. The first-order valence-electron chi connectivity index (χ1n) is 26.1. The summed E-state index contributed by atoms with van der Waals surface area (Å²) in [7, 11) is -29.9. The van der Waals surface area contributed by atoms with Crippen molar-refractivity contribution in [3.8, 4) is 0 Å². The second-order valence-corrected chi connectivity index (χ2v) is 43.2. The molecule has 0 aromatic rings. The maximum absolute atomic E-state index is 14.0. The Labute approximate surface area is 374 Å². The number of hydrogen-bond donors (Lipinski definition) is 3. The van der Waals surface area contributed by atoms with Crippen molar-refractivity contribution in [1.29, 1.82) is 0 Å². The Balaban J connectivity index is 1.25. The van der Waals surface area contributed by atoms with Crippen LogP contribution in [0.1, 0.15) is 225 Å². The van der Waals surface area contributed by atoms with Gasteiger partial charge in [-0.1, -0.05) is 135 Å². The van der Waals surface area contributed by atoms with Crippen molar-refractivity contribution in [1.82, 2.24) is 0 Å². The molecule has 3 saturated heterocycles. The Morgan fingerprint density at radius 3 is 0.525 bits per heavy atom. The fraction of sp³-hybridized carbons (Fsp3) is 1.00. The summed E-state index contributed by atoms with van der Waals surface area (Å²) < 4.78 is 71.9. The molecule has 0 aromatic carbocycles. The van der Waals surface area contributed by atoms with Crippen molar-refractivity contribution < 1.29 is 51.4 Å². The highest BCUT2D eigenvalue weighted by Crippen LogP contribution is 2.61. The van der Waals surface area contributed by atoms with E-state index < -0.39 is 61.6 Å². The van der Waals surface area contributed by atoms with Gasteiger partial charge in [0.2, 0.25) is 0 Å². The summed E-state index contributed by atoms with van der Waals surface area (Å²) in [5.41, 5.74) is -1.25. The van der Waals surface area contributed by atoms with Crippen LogP contribution in [0.2, 0.25) is 38.8 Å². The van der Waals surface area contributed by atoms with E-state index in [1.54, 1.807) is 0 Å². The molecule has 0 amide bonds. The van der Waals surface area contributed by atoms with Gasteiger partial charge in [0.1, 0.15) is 0 Å². The van der Waals surface area contributed by atoms with Gasteiger partial charge in [-0.2, -0.15) is 0 Å². The van der Waals surface area contributed by atoms with Crippen LogP contribution < -0.4 is 0 Å². The predicted octanol–water partition coefficient (Wildman–Crippen LogP) is 11.1. The van der Waals surface area contributed by atoms with E-state index in [1.165, 1.54) is 0 Å². The zero-order chi connectivity index (χ0) is 41.7. The monoisotopic (exact) mass is 972 g/mol. The molecular weight excluding hydrogens is 893 g/mol. The lowest BCUT2D eigenvalue weighted by atomic mass is 10.0. The molecule has 4 bridgehead atoms. The van der Waals surface area contributed by atoms with Crippen LogP contribution in [-0.4, -0.2) is 76.0 Å². The van der Waals surface area contributed by atoms with Gasteiger partial charge < -0.3 is 51.4 Å². The van der Waals surface area contributed by atoms with Gasteiger partial charge in [-0.05, 0) is 89.9 Å². The van der Waals surface area contributed by atoms with Crippen LogP contribution in [0.4, 0.5) is 0 Å². The average molecular weight is 974 g/mol. The van der Waals surface area contributed by atoms with Crippen molar-refractivity contribution in [3.05, 3.63) is 0 Å². The third-order valence-corrected chi connectivity index (χ3v) is 49.2. The molecule has 10 rings (SSSR count). The van der Waals surface area contributed by atoms with Crippen molar-refractivity contribution in [3.63, 3.8) is 0 Å². The minimum atomic E-state index is -4.38. The summed E-state index contributed by atoms with van der Waals surface area (Å²) in [5, 5.41) is 0. The van der Waals surface area contributed by atoms with Crippen LogP contribution in [0.3, 0.4) is 0 Å². The first kappa shape index (κ1) is 45.8. The Morgan fingerprint density at radius 1 is 0.197 bits per heavy atom. The van der Waals surface area contributed by atoms with Crippen molar-refractivity contribution in [2.75, 3.05) is 0 Å². The van der Waals surface area contributed by atoms with Crippen LogP contribution in [0.15, 0.2) is 0 Å². The minimum Gasteiger partial charge on any atom is -0.390 e. The molecule has 0 radical (unpaired) electrons. The predicted molar refractivity (Wildman–Crippen MR) is 245 cm³/mol. The molecule has 10 fully saturated rings. The van der Waals surface area contributed by atoms with Crippen LogP contribution in [-0.2, 0) is 37.0 Å². The van der Waals surface area contributed by atoms with Crippen LogP contribution >= 0.6 is 0 Å². The molecule has 0 unspecified atom stereocenters. The summed E-state index contributed by atoms with van der Waals surface area (Å²) in [6, 6.07) is 0. The summed E-state index contributed by atoms with van der Waals surface area (Å²) in [4.78, 5) is 42.0. The molecule has 0 spiro atoms. The first-order valence-corrected chi connectivity index (χ1v) is 38.8. The molecule has 7 saturated carbocycles. The number of hydrogen-bond acceptors (Lipinski definition) is 12. The highest BCUT2D eigenvalue weighted by molar-refractivity contribution is 6.99. The summed E-state index contributed by atoms with van der Waals surface area (Å²) in [6.07, 6.45) is 33.4. The first-order chi connectivity index (χ1) is 29.6. The van der Waals surface area contributed by atoms with Gasteiger partial charge in [0.25, 0.3) is 0 Å². The van der Waals surface area contributed by atoms with Crippen molar-refractivity contribution >= 4 is 61.6 Å². The standard InChI is InChI=1S/C42H80O12Si7/c43-55(36-22-8-1-9-23-36)46-58(39-28-14-4-15-29-39)48-56(44,37-24-10-2-11-25-37)50-60(41-32-18-6-19-33-41)51-57(45,38-26-12-3-13-27-38)49-59(47-55,40-30-16-5-17-31-40)53-61(52-58,54-60)42-34-20-7-21-35-42/h36-45H,1-35H2. The van der Waals surface area contributed by atoms with E-state index in [0.717, 1.165) is 225 Å². The van der Waals surface area contributed by atoms with Crippen molar-refractivity contribution in [2.45, 2.75) is 264 Å². The highest BCUT2D eigenvalue weighted by Gasteiger charge is 2.82. The third-order valence-electron chi connectivity index (χ3n) is 17.4. The molecule has 61 heavy (non-hydrogen) atoms. The maximum Gasteiger partial charge on any atom is 0.486 e. The van der Waals surface area contributed by atoms with E-state index in [4.69, 9.17) is 37.0 Å². The molecule has 0 atom stereocenters. The van der Waals surface area contributed by atoms with E-state index in [2.05, 4.69) is 0 Å². The lowest BCUT2D eigenvalue weighted by molar-refractivity contribution is -0.0170. The van der Waals surface area contributed by atoms with E-state index in [1.807, 2.05) is 0 Å². The van der Waals surface area contributed by atoms with Gasteiger partial charge in [0, 0.05) is 38.8 Å². The molecule has 7 aliphatic carbocycles. The molecule has 3 N–H and O–H groups in total. The largest absolute Gasteiger partial charge is 0.486 e. The summed E-state index contributed by atoms with van der Waals surface area (Å²) in [5.74, 6) is 0. The SMILES string of the molecule is O[Si]1(C2CCCCC2)O[Si]2(C3CCCCC3)O[Si](O)(C3CCCCC3)O[Si]3(C4CCCCC4)O[Si](O)(C4CCCCC4)O[Si](C4CCCCC4)(O1)O[Si](C1CCCCC1)(O2)O3. The zero-order valence-corrected chi connectivity index (χ0v) is 44.3. The quantitative estimate of drug-likeness (QED) is 0.209. The molecule has 12 nitrogen and oxygen atoms in total. The molecule has 3 heterocycles. The normalized spacial score (nSPS) is 45.7. The molecular formula is C42H80O12Si7. The molecule has 10 aliphatic rings. The number of fused-ring (bicyclic) bond motifs is 3. The van der Waals surface area contributed by atoms with Crippen molar-refractivity contribution in [2.24, 2.45) is 0 Å². The zero-order valence-electron chi connectivity index (χ0n) is 37.3. The smallest absolute Gasteiger partial charge is 0.390 e. The fourth-order valence-electron chi connectivity index (χ4n) is 13.9. The van der Waals surface area contributed by atoms with E-state index in [9.17, 15) is 14.4 Å². The fourth-order valence-corrected chi connectivity index (χ4v) is 56.4. The van der Waals surface area contributed by atoms with Gasteiger partial charge in [-0.25, -0.2) is 0 Å². The Kier molecular flexibility index (Phi) is 14.2. The van der Waals surface area contributed by atoms with Gasteiger partial charge in [-0.3, -0.25) is 0 Å². The lowest BCUT2D eigenvalue weighted by Crippen LogP contribution is -2.85. The van der Waals surface area contributed by atoms with Gasteiger partial charge in [0.05, 0.1) is 0 Å². The Bertz CT molecular complexity index is 1290. The van der Waals surface area contributed by atoms with Crippen LogP contribution in [0.25, 0.3) is 0 Å². The highest BCUT2D eigenvalue weighted by atomic mass is 28.6. The van der Waals surface area contributed by atoms with Crippen LogP contribution in [0.5, 0.6) is 0 Å². The van der Waals surface area contributed by atoms with Gasteiger partial charge in [0.15, 0.2) is 0 Å². The third kappa shape index (κ3) is 9.08. The second-order valence-electron chi connectivity index (χ2n) is 21.6. The molecule has 3 aliphatic heterocycles. The summed E-state index contributed by atoms with van der Waals surface area (Å²) >= 11 is 0. The minimum absolute atomic E-state index is 0.0816. The van der Waals surface area contributed by atoms with E-state index >= 15 is 0 Å². The molecule has 0 aromatic heterocycles. The second kappa shape index (κ2) is 18.8. The van der Waals surface area contributed by atoms with Crippen LogP contribution in [0, 0.1) is 0 Å². The number of rotatable bonds is 7. The van der Waals surface area contributed by atoms with E-state index in [-0.39, 0.29) is 38.8 Å². The molecule has 348 valence electrons. The van der Waals surface area contributed by atoms with Gasteiger partial charge in [-0.15, -0.1) is 0 Å². The topological polar surface area (TPSA) is 144 Å². The lowest BCUT2D eigenvalue weighted by Gasteiger charge is -2.62. The van der Waals surface area contributed by atoms with E-state index in [0.29, 0.717) is 0 Å². The van der Waals surface area contributed by atoms with Gasteiger partial charge >= 0.3 is 61.6 Å². The Hall–Kier alpha value is 1.04. The Morgan fingerprint density at radius 2 is 0.344 bits per heavy atom.